The third kappa shape index (κ3) is 2.23. The zero-order valence-corrected chi connectivity index (χ0v) is 9.47. The Balaban J connectivity index is 2.75. The van der Waals surface area contributed by atoms with E-state index in [9.17, 15) is 8.42 Å². The fourth-order valence-electron chi connectivity index (χ4n) is 1.52. The Hall–Kier alpha value is -0.0900. The summed E-state index contributed by atoms with van der Waals surface area (Å²) in [5.74, 6) is 0.200. The van der Waals surface area contributed by atoms with Crippen LogP contribution in [0.25, 0.3) is 0 Å². The molecule has 0 saturated carbocycles. The Morgan fingerprint density at radius 1 is 1.08 bits per heavy atom. The van der Waals surface area contributed by atoms with Crippen LogP contribution in [0.2, 0.25) is 0 Å². The highest BCUT2D eigenvalue weighted by Crippen LogP contribution is 2.20. The third-order valence-corrected chi connectivity index (χ3v) is 5.40. The molecule has 1 atom stereocenters. The molecule has 0 aliphatic carbocycles. The van der Waals surface area contributed by atoms with Crippen molar-refractivity contribution in [3.05, 3.63) is 0 Å². The Morgan fingerprint density at radius 3 is 1.92 bits per heavy atom. The molecule has 1 saturated heterocycles. The van der Waals surface area contributed by atoms with Crippen LogP contribution in [0.1, 0.15) is 33.6 Å². The number of nitrogens with zero attached hydrogens (tertiary/aromatic N) is 1. The van der Waals surface area contributed by atoms with E-state index in [4.69, 9.17) is 0 Å². The number of sulfonamides is 1. The molecule has 1 aliphatic heterocycles. The van der Waals surface area contributed by atoms with E-state index in [1.807, 2.05) is 13.8 Å². The first-order valence-electron chi connectivity index (χ1n) is 4.95. The monoisotopic (exact) mass is 205 g/mol. The summed E-state index contributed by atoms with van der Waals surface area (Å²) in [5.41, 5.74) is 0. The summed E-state index contributed by atoms with van der Waals surface area (Å²) in [6.45, 7) is 7.16. The van der Waals surface area contributed by atoms with Crippen LogP contribution < -0.4 is 0 Å². The fraction of sp³-hybridized carbons (Fsp3) is 1.00. The molecule has 0 radical (unpaired) electrons. The van der Waals surface area contributed by atoms with Gasteiger partial charge in [0, 0.05) is 13.1 Å². The van der Waals surface area contributed by atoms with E-state index < -0.39 is 10.0 Å². The van der Waals surface area contributed by atoms with Gasteiger partial charge in [0.15, 0.2) is 0 Å². The molecule has 0 N–H and O–H groups in total. The minimum absolute atomic E-state index is 0.200. The predicted molar refractivity (Wildman–Crippen MR) is 54.0 cm³/mol. The van der Waals surface area contributed by atoms with Crippen molar-refractivity contribution in [1.29, 1.82) is 0 Å². The summed E-state index contributed by atoms with van der Waals surface area (Å²) in [6, 6.07) is 0. The van der Waals surface area contributed by atoms with Crippen molar-refractivity contribution in [3.8, 4) is 0 Å². The molecule has 0 bridgehead atoms. The van der Waals surface area contributed by atoms with Gasteiger partial charge in [-0.05, 0) is 25.7 Å². The highest BCUT2D eigenvalue weighted by Gasteiger charge is 2.32. The second-order valence-electron chi connectivity index (χ2n) is 4.10. The van der Waals surface area contributed by atoms with E-state index in [2.05, 4.69) is 0 Å². The van der Waals surface area contributed by atoms with Crippen molar-refractivity contribution in [2.45, 2.75) is 38.9 Å². The van der Waals surface area contributed by atoms with Gasteiger partial charge < -0.3 is 0 Å². The molecule has 0 aromatic rings. The van der Waals surface area contributed by atoms with Crippen LogP contribution in [-0.2, 0) is 10.0 Å². The van der Waals surface area contributed by atoms with Gasteiger partial charge in [-0.15, -0.1) is 0 Å². The molecule has 0 aromatic heterocycles. The van der Waals surface area contributed by atoms with Crippen LogP contribution in [0, 0.1) is 5.92 Å². The Labute approximate surface area is 81.2 Å². The van der Waals surface area contributed by atoms with Crippen molar-refractivity contribution in [2.24, 2.45) is 5.92 Å². The van der Waals surface area contributed by atoms with E-state index in [1.165, 1.54) is 0 Å². The highest BCUT2D eigenvalue weighted by atomic mass is 32.2. The second kappa shape index (κ2) is 3.96. The summed E-state index contributed by atoms with van der Waals surface area (Å²) < 4.78 is 25.4. The molecule has 0 aromatic carbocycles. The average Bonchev–Trinajstić information content (AvgIpc) is 2.54. The largest absolute Gasteiger partial charge is 0.216 e. The van der Waals surface area contributed by atoms with E-state index in [1.54, 1.807) is 11.2 Å². The summed E-state index contributed by atoms with van der Waals surface area (Å²) in [5, 5.41) is -0.245. The lowest BCUT2D eigenvalue weighted by atomic mass is 10.2. The smallest absolute Gasteiger partial charge is 0.212 e. The van der Waals surface area contributed by atoms with Crippen molar-refractivity contribution in [2.75, 3.05) is 13.1 Å². The zero-order valence-electron chi connectivity index (χ0n) is 8.66. The van der Waals surface area contributed by atoms with E-state index in [-0.39, 0.29) is 11.2 Å². The van der Waals surface area contributed by atoms with E-state index >= 15 is 0 Å². The van der Waals surface area contributed by atoms with Crippen molar-refractivity contribution in [1.82, 2.24) is 4.31 Å². The number of hydrogen-bond donors (Lipinski definition) is 0. The second-order valence-corrected chi connectivity index (χ2v) is 6.39. The normalized spacial score (nSPS) is 22.5. The quantitative estimate of drug-likeness (QED) is 0.699. The summed E-state index contributed by atoms with van der Waals surface area (Å²) in [7, 11) is -3.00. The molecule has 1 fully saturated rings. The van der Waals surface area contributed by atoms with Crippen molar-refractivity contribution in [3.63, 3.8) is 0 Å². The molecule has 78 valence electrons. The van der Waals surface area contributed by atoms with Gasteiger partial charge in [-0.1, -0.05) is 13.8 Å². The van der Waals surface area contributed by atoms with Gasteiger partial charge in [0.25, 0.3) is 0 Å². The van der Waals surface area contributed by atoms with E-state index in [0.717, 1.165) is 25.9 Å². The van der Waals surface area contributed by atoms with Gasteiger partial charge in [-0.3, -0.25) is 0 Å². The summed E-state index contributed by atoms with van der Waals surface area (Å²) in [6.07, 6.45) is 2.04. The molecular formula is C9H19NO2S. The Morgan fingerprint density at radius 2 is 1.54 bits per heavy atom. The van der Waals surface area contributed by atoms with Gasteiger partial charge in [0.05, 0.1) is 5.25 Å². The van der Waals surface area contributed by atoms with Gasteiger partial charge in [-0.25, -0.2) is 12.7 Å². The molecule has 3 nitrogen and oxygen atoms in total. The zero-order chi connectivity index (χ0) is 10.1. The Bertz CT molecular complexity index is 245. The molecule has 1 heterocycles. The first-order chi connectivity index (χ1) is 5.96. The summed E-state index contributed by atoms with van der Waals surface area (Å²) in [4.78, 5) is 0. The average molecular weight is 205 g/mol. The lowest BCUT2D eigenvalue weighted by Crippen LogP contribution is -2.37. The molecule has 4 heteroatoms. The van der Waals surface area contributed by atoms with Crippen molar-refractivity contribution >= 4 is 10.0 Å². The number of hydrogen-bond acceptors (Lipinski definition) is 2. The Kier molecular flexibility index (Phi) is 3.35. The first-order valence-corrected chi connectivity index (χ1v) is 6.45. The van der Waals surface area contributed by atoms with Crippen LogP contribution in [0.4, 0.5) is 0 Å². The highest BCUT2D eigenvalue weighted by molar-refractivity contribution is 7.89. The van der Waals surface area contributed by atoms with Gasteiger partial charge >= 0.3 is 0 Å². The molecule has 0 amide bonds. The molecule has 13 heavy (non-hydrogen) atoms. The molecule has 1 rings (SSSR count). The molecular weight excluding hydrogens is 186 g/mol. The number of rotatable bonds is 3. The van der Waals surface area contributed by atoms with Crippen LogP contribution in [0.5, 0.6) is 0 Å². The van der Waals surface area contributed by atoms with Crippen LogP contribution in [-0.4, -0.2) is 31.1 Å². The van der Waals surface area contributed by atoms with Gasteiger partial charge in [-0.2, -0.15) is 0 Å². The molecule has 0 spiro atoms. The fourth-order valence-corrected chi connectivity index (χ4v) is 3.45. The van der Waals surface area contributed by atoms with Gasteiger partial charge in [0.1, 0.15) is 0 Å². The topological polar surface area (TPSA) is 37.4 Å². The lowest BCUT2D eigenvalue weighted by Gasteiger charge is -2.23. The minimum Gasteiger partial charge on any atom is -0.212 e. The van der Waals surface area contributed by atoms with Gasteiger partial charge in [0.2, 0.25) is 10.0 Å². The van der Waals surface area contributed by atoms with E-state index in [0.29, 0.717) is 0 Å². The minimum atomic E-state index is -3.00. The predicted octanol–water partition coefficient (Wildman–Crippen LogP) is 1.46. The van der Waals surface area contributed by atoms with Crippen molar-refractivity contribution < 1.29 is 8.42 Å². The maximum atomic E-state index is 11.9. The molecule has 1 aliphatic rings. The lowest BCUT2D eigenvalue weighted by molar-refractivity contribution is 0.450. The maximum Gasteiger partial charge on any atom is 0.216 e. The molecule has 1 unspecified atom stereocenters. The first kappa shape index (κ1) is 11.0. The van der Waals surface area contributed by atoms with Crippen LogP contribution >= 0.6 is 0 Å². The third-order valence-electron chi connectivity index (χ3n) is 2.83. The van der Waals surface area contributed by atoms with Crippen LogP contribution in [0.15, 0.2) is 0 Å². The van der Waals surface area contributed by atoms with Crippen LogP contribution in [0.3, 0.4) is 0 Å². The maximum absolute atomic E-state index is 11.9. The SMILES string of the molecule is CC(C)C(C)S(=O)(=O)N1CCCC1. The summed E-state index contributed by atoms with van der Waals surface area (Å²) >= 11 is 0. The standard InChI is InChI=1S/C9H19NO2S/c1-8(2)9(3)13(11,12)10-6-4-5-7-10/h8-9H,4-7H2,1-3H3.